The lowest BCUT2D eigenvalue weighted by atomic mass is 10.1. The molecule has 0 aliphatic heterocycles. The molecule has 1 aromatic heterocycles. The molecular weight excluding hydrogens is 414 g/mol. The third-order valence-electron chi connectivity index (χ3n) is 4.13. The molecule has 0 unspecified atom stereocenters. The monoisotopic (exact) mass is 431 g/mol. The van der Waals surface area contributed by atoms with E-state index in [4.69, 9.17) is 4.74 Å². The quantitative estimate of drug-likeness (QED) is 0.257. The predicted molar refractivity (Wildman–Crippen MR) is 111 cm³/mol. The molecule has 8 nitrogen and oxygen atoms in total. The Labute approximate surface area is 174 Å². The first-order chi connectivity index (χ1) is 13.9. The van der Waals surface area contributed by atoms with Crippen molar-refractivity contribution in [2.24, 2.45) is 4.99 Å². The second-order valence-corrected chi connectivity index (χ2v) is 7.88. The SMILES string of the molecule is COC(=O)Cn1c(=NC(=O)Cc2ccc(SC)cc2)sc2cc([N+](=O)[O-])ccc21. The number of hydrogen-bond acceptors (Lipinski definition) is 7. The van der Waals surface area contributed by atoms with Gasteiger partial charge in [-0.15, -0.1) is 11.8 Å². The smallest absolute Gasteiger partial charge is 0.325 e. The van der Waals surface area contributed by atoms with Gasteiger partial charge in [-0.1, -0.05) is 23.5 Å². The summed E-state index contributed by atoms with van der Waals surface area (Å²) < 4.78 is 6.81. The molecule has 3 aromatic rings. The van der Waals surface area contributed by atoms with Crippen LogP contribution in [0.5, 0.6) is 0 Å². The van der Waals surface area contributed by atoms with Crippen LogP contribution in [0.2, 0.25) is 0 Å². The van der Waals surface area contributed by atoms with Gasteiger partial charge in [-0.25, -0.2) is 0 Å². The predicted octanol–water partition coefficient (Wildman–Crippen LogP) is 3.18. The summed E-state index contributed by atoms with van der Waals surface area (Å²) in [6.45, 7) is -0.150. The van der Waals surface area contributed by atoms with Gasteiger partial charge in [0.15, 0.2) is 4.80 Å². The highest BCUT2D eigenvalue weighted by molar-refractivity contribution is 7.98. The summed E-state index contributed by atoms with van der Waals surface area (Å²) in [5.41, 5.74) is 1.32. The van der Waals surface area contributed by atoms with Gasteiger partial charge >= 0.3 is 5.97 Å². The Kier molecular flexibility index (Phi) is 6.45. The number of aromatic nitrogens is 1. The van der Waals surface area contributed by atoms with Gasteiger partial charge in [-0.05, 0) is 30.0 Å². The Morgan fingerprint density at radius 3 is 2.59 bits per heavy atom. The van der Waals surface area contributed by atoms with Crippen LogP contribution in [-0.2, 0) is 27.3 Å². The van der Waals surface area contributed by atoms with E-state index in [-0.39, 0.29) is 29.4 Å². The first-order valence-electron chi connectivity index (χ1n) is 8.46. The summed E-state index contributed by atoms with van der Waals surface area (Å²) in [4.78, 5) is 40.4. The van der Waals surface area contributed by atoms with E-state index in [1.165, 1.54) is 29.9 Å². The Bertz CT molecular complexity index is 1150. The molecule has 1 heterocycles. The number of ether oxygens (including phenoxy) is 1. The highest BCUT2D eigenvalue weighted by Gasteiger charge is 2.15. The van der Waals surface area contributed by atoms with Gasteiger partial charge < -0.3 is 9.30 Å². The van der Waals surface area contributed by atoms with Crippen molar-refractivity contribution in [2.75, 3.05) is 13.4 Å². The van der Waals surface area contributed by atoms with E-state index in [0.717, 1.165) is 21.8 Å². The number of nitrogens with zero attached hydrogens (tertiary/aromatic N) is 3. The molecular formula is C19H17N3O5S2. The molecule has 0 fully saturated rings. The second kappa shape index (κ2) is 9.01. The first-order valence-corrected chi connectivity index (χ1v) is 10.5. The van der Waals surface area contributed by atoms with Gasteiger partial charge in [-0.2, -0.15) is 4.99 Å². The number of thiazole rings is 1. The molecule has 0 saturated carbocycles. The summed E-state index contributed by atoms with van der Waals surface area (Å²) in [5, 5.41) is 11.0. The number of amides is 1. The lowest BCUT2D eigenvalue weighted by molar-refractivity contribution is -0.384. The van der Waals surface area contributed by atoms with Crippen LogP contribution in [-0.4, -0.2) is 34.7 Å². The number of nitro benzene ring substituents is 1. The zero-order valence-corrected chi connectivity index (χ0v) is 17.3. The van der Waals surface area contributed by atoms with Crippen molar-refractivity contribution in [3.63, 3.8) is 0 Å². The third-order valence-corrected chi connectivity index (χ3v) is 5.91. The van der Waals surface area contributed by atoms with Crippen LogP contribution < -0.4 is 4.80 Å². The molecule has 29 heavy (non-hydrogen) atoms. The molecule has 1 amide bonds. The zero-order chi connectivity index (χ0) is 21.0. The van der Waals surface area contributed by atoms with Crippen molar-refractivity contribution in [3.05, 3.63) is 62.9 Å². The van der Waals surface area contributed by atoms with Crippen molar-refractivity contribution < 1.29 is 19.2 Å². The van der Waals surface area contributed by atoms with E-state index in [2.05, 4.69) is 4.99 Å². The Morgan fingerprint density at radius 2 is 1.97 bits per heavy atom. The minimum Gasteiger partial charge on any atom is -0.468 e. The van der Waals surface area contributed by atoms with E-state index in [1.807, 2.05) is 30.5 Å². The Morgan fingerprint density at radius 1 is 1.24 bits per heavy atom. The highest BCUT2D eigenvalue weighted by atomic mass is 32.2. The number of carbonyl (C=O) groups is 2. The molecule has 0 spiro atoms. The molecule has 0 saturated heterocycles. The number of non-ortho nitro benzene ring substituents is 1. The van der Waals surface area contributed by atoms with Crippen molar-refractivity contribution >= 4 is 50.9 Å². The van der Waals surface area contributed by atoms with Gasteiger partial charge in [0, 0.05) is 17.0 Å². The standard InChI is InChI=1S/C19H17N3O5S2/c1-27-18(24)11-21-15-8-5-13(22(25)26)10-16(15)29-19(21)20-17(23)9-12-3-6-14(28-2)7-4-12/h3-8,10H,9,11H2,1-2H3. The molecule has 0 atom stereocenters. The maximum Gasteiger partial charge on any atom is 0.325 e. The van der Waals surface area contributed by atoms with E-state index in [1.54, 1.807) is 11.8 Å². The number of fused-ring (bicyclic) bond motifs is 1. The van der Waals surface area contributed by atoms with Crippen LogP contribution in [0, 0.1) is 10.1 Å². The van der Waals surface area contributed by atoms with Crippen LogP contribution in [0.15, 0.2) is 52.4 Å². The number of hydrogen-bond donors (Lipinski definition) is 0. The van der Waals surface area contributed by atoms with Gasteiger partial charge in [0.05, 0.1) is 28.7 Å². The fourth-order valence-corrected chi connectivity index (χ4v) is 4.16. The average molecular weight is 431 g/mol. The van der Waals surface area contributed by atoms with E-state index in [0.29, 0.717) is 10.2 Å². The molecule has 3 rings (SSSR count). The number of esters is 1. The van der Waals surface area contributed by atoms with Crippen LogP contribution in [0.4, 0.5) is 5.69 Å². The summed E-state index contributed by atoms with van der Waals surface area (Å²) in [6.07, 6.45) is 2.09. The molecule has 0 bridgehead atoms. The fraction of sp³-hybridized carbons (Fsp3) is 0.211. The largest absolute Gasteiger partial charge is 0.468 e. The highest BCUT2D eigenvalue weighted by Crippen LogP contribution is 2.23. The molecule has 2 aromatic carbocycles. The van der Waals surface area contributed by atoms with Crippen molar-refractivity contribution in [1.29, 1.82) is 0 Å². The minimum atomic E-state index is -0.510. The van der Waals surface area contributed by atoms with Gasteiger partial charge in [-0.3, -0.25) is 19.7 Å². The number of nitro groups is 1. The molecule has 0 radical (unpaired) electrons. The normalized spacial score (nSPS) is 11.6. The van der Waals surface area contributed by atoms with Crippen LogP contribution in [0.3, 0.4) is 0 Å². The zero-order valence-electron chi connectivity index (χ0n) is 15.7. The third kappa shape index (κ3) is 4.90. The van der Waals surface area contributed by atoms with E-state index < -0.39 is 10.9 Å². The average Bonchev–Trinajstić information content (AvgIpc) is 3.04. The molecule has 10 heteroatoms. The van der Waals surface area contributed by atoms with Gasteiger partial charge in [0.1, 0.15) is 6.54 Å². The Hall–Kier alpha value is -2.98. The van der Waals surface area contributed by atoms with Crippen molar-refractivity contribution in [1.82, 2.24) is 4.57 Å². The van der Waals surface area contributed by atoms with Crippen LogP contribution in [0.25, 0.3) is 10.2 Å². The van der Waals surface area contributed by atoms with Gasteiger partial charge in [0.25, 0.3) is 11.6 Å². The van der Waals surface area contributed by atoms with E-state index in [9.17, 15) is 19.7 Å². The van der Waals surface area contributed by atoms with E-state index >= 15 is 0 Å². The summed E-state index contributed by atoms with van der Waals surface area (Å²) >= 11 is 2.73. The molecule has 150 valence electrons. The van der Waals surface area contributed by atoms with Gasteiger partial charge in [0.2, 0.25) is 0 Å². The lowest BCUT2D eigenvalue weighted by Gasteiger charge is -2.03. The topological polar surface area (TPSA) is 104 Å². The number of methoxy groups -OCH3 is 1. The lowest BCUT2D eigenvalue weighted by Crippen LogP contribution is -2.22. The molecule has 0 aliphatic rings. The Balaban J connectivity index is 2.00. The maximum absolute atomic E-state index is 12.5. The number of carbonyl (C=O) groups excluding carboxylic acids is 2. The number of thioether (sulfide) groups is 1. The number of benzene rings is 2. The van der Waals surface area contributed by atoms with Crippen LogP contribution >= 0.6 is 23.1 Å². The number of rotatable bonds is 6. The first kappa shape index (κ1) is 20.7. The molecule has 0 N–H and O–H groups in total. The van der Waals surface area contributed by atoms with Crippen molar-refractivity contribution in [2.45, 2.75) is 17.9 Å². The van der Waals surface area contributed by atoms with Crippen LogP contribution in [0.1, 0.15) is 5.56 Å². The fourth-order valence-electron chi connectivity index (χ4n) is 2.67. The summed E-state index contributed by atoms with van der Waals surface area (Å²) in [7, 11) is 1.27. The maximum atomic E-state index is 12.5. The summed E-state index contributed by atoms with van der Waals surface area (Å²) in [6, 6.07) is 11.9. The van der Waals surface area contributed by atoms with Crippen molar-refractivity contribution in [3.8, 4) is 0 Å². The summed E-state index contributed by atoms with van der Waals surface area (Å²) in [5.74, 6) is -0.883. The second-order valence-electron chi connectivity index (χ2n) is 5.99. The minimum absolute atomic E-state index is 0.0734. The molecule has 0 aliphatic carbocycles.